The minimum atomic E-state index is 0.531. The van der Waals surface area contributed by atoms with Crippen molar-refractivity contribution in [2.75, 3.05) is 26.2 Å². The number of likely N-dealkylation sites (N-methyl/N-ethyl adjacent to an activating group) is 1. The van der Waals surface area contributed by atoms with Gasteiger partial charge < -0.3 is 10.2 Å². The lowest BCUT2D eigenvalue weighted by Gasteiger charge is -2.39. The molecular weight excluding hydrogens is 184 g/mol. The van der Waals surface area contributed by atoms with Crippen LogP contribution in [-0.4, -0.2) is 37.1 Å². The summed E-state index contributed by atoms with van der Waals surface area (Å²) in [7, 11) is 0. The second kappa shape index (κ2) is 5.86. The van der Waals surface area contributed by atoms with Gasteiger partial charge in [0.2, 0.25) is 0 Å². The van der Waals surface area contributed by atoms with Crippen LogP contribution in [0.25, 0.3) is 0 Å². The molecule has 0 radical (unpaired) electrons. The molecule has 0 spiro atoms. The molecule has 1 N–H and O–H groups in total. The maximum Gasteiger partial charge on any atom is 0.0192 e. The third-order valence-corrected chi connectivity index (χ3v) is 3.44. The monoisotopic (exact) mass is 212 g/mol. The van der Waals surface area contributed by atoms with Gasteiger partial charge in [-0.25, -0.2) is 0 Å². The summed E-state index contributed by atoms with van der Waals surface area (Å²) in [5, 5.41) is 3.57. The molecule has 1 unspecified atom stereocenters. The first-order valence-electron chi connectivity index (χ1n) is 6.53. The lowest BCUT2D eigenvalue weighted by Crippen LogP contribution is -2.47. The van der Waals surface area contributed by atoms with Crippen LogP contribution in [0.15, 0.2) is 0 Å². The Morgan fingerprint density at radius 3 is 2.60 bits per heavy atom. The highest BCUT2D eigenvalue weighted by molar-refractivity contribution is 4.82. The summed E-state index contributed by atoms with van der Waals surface area (Å²) in [6.07, 6.45) is 4.00. The van der Waals surface area contributed by atoms with Crippen LogP contribution in [0.4, 0.5) is 0 Å². The largest absolute Gasteiger partial charge is 0.313 e. The van der Waals surface area contributed by atoms with Crippen molar-refractivity contribution in [3.05, 3.63) is 0 Å². The molecule has 1 atom stereocenters. The van der Waals surface area contributed by atoms with E-state index < -0.39 is 0 Å². The number of hydrogen-bond donors (Lipinski definition) is 1. The first kappa shape index (κ1) is 13.0. The maximum atomic E-state index is 3.57. The van der Waals surface area contributed by atoms with Crippen molar-refractivity contribution in [2.24, 2.45) is 5.41 Å². The number of piperidine rings is 1. The predicted octanol–water partition coefficient (Wildman–Crippen LogP) is 2.50. The van der Waals surface area contributed by atoms with Crippen LogP contribution in [-0.2, 0) is 0 Å². The van der Waals surface area contributed by atoms with Crippen LogP contribution in [0.3, 0.4) is 0 Å². The Morgan fingerprint density at radius 1 is 1.33 bits per heavy atom. The number of likely N-dealkylation sites (tertiary alicyclic amines) is 1. The van der Waals surface area contributed by atoms with Gasteiger partial charge in [-0.2, -0.15) is 0 Å². The van der Waals surface area contributed by atoms with E-state index in [-0.39, 0.29) is 0 Å². The van der Waals surface area contributed by atoms with E-state index in [2.05, 4.69) is 37.9 Å². The molecule has 0 aromatic rings. The van der Waals surface area contributed by atoms with E-state index in [0.29, 0.717) is 11.5 Å². The number of nitrogens with zero attached hydrogens (tertiary/aromatic N) is 1. The molecule has 1 aliphatic heterocycles. The summed E-state index contributed by atoms with van der Waals surface area (Å²) in [5.41, 5.74) is 0.531. The van der Waals surface area contributed by atoms with Gasteiger partial charge in [0, 0.05) is 19.1 Å². The van der Waals surface area contributed by atoms with Gasteiger partial charge in [0.1, 0.15) is 0 Å². The molecule has 0 aromatic carbocycles. The number of rotatable bonds is 5. The second-order valence-corrected chi connectivity index (χ2v) is 5.67. The molecule has 0 amide bonds. The van der Waals surface area contributed by atoms with Crippen LogP contribution in [0.1, 0.15) is 47.0 Å². The van der Waals surface area contributed by atoms with Crippen LogP contribution >= 0.6 is 0 Å². The molecule has 90 valence electrons. The van der Waals surface area contributed by atoms with Crippen LogP contribution in [0.5, 0.6) is 0 Å². The second-order valence-electron chi connectivity index (χ2n) is 5.67. The Labute approximate surface area is 95.4 Å². The van der Waals surface area contributed by atoms with Gasteiger partial charge in [0.05, 0.1) is 0 Å². The third kappa shape index (κ3) is 4.52. The van der Waals surface area contributed by atoms with Gasteiger partial charge in [-0.3, -0.25) is 0 Å². The first-order chi connectivity index (χ1) is 7.07. The Morgan fingerprint density at radius 2 is 2.07 bits per heavy atom. The zero-order valence-electron chi connectivity index (χ0n) is 11.0. The molecule has 15 heavy (non-hydrogen) atoms. The fourth-order valence-electron chi connectivity index (χ4n) is 2.64. The summed E-state index contributed by atoms with van der Waals surface area (Å²) in [6.45, 7) is 14.2. The molecule has 1 fully saturated rings. The van der Waals surface area contributed by atoms with Crippen molar-refractivity contribution >= 4 is 0 Å². The SMILES string of the molecule is CCNC(CC)CN1CCCC(C)(C)C1. The van der Waals surface area contributed by atoms with E-state index in [9.17, 15) is 0 Å². The smallest absolute Gasteiger partial charge is 0.0192 e. The van der Waals surface area contributed by atoms with E-state index >= 15 is 0 Å². The van der Waals surface area contributed by atoms with Gasteiger partial charge in [-0.15, -0.1) is 0 Å². The van der Waals surface area contributed by atoms with E-state index in [0.717, 1.165) is 6.54 Å². The van der Waals surface area contributed by atoms with Gasteiger partial charge in [0.25, 0.3) is 0 Å². The maximum absolute atomic E-state index is 3.57. The Balaban J connectivity index is 2.36. The normalized spacial score (nSPS) is 24.0. The first-order valence-corrected chi connectivity index (χ1v) is 6.53. The van der Waals surface area contributed by atoms with Gasteiger partial charge in [-0.05, 0) is 37.8 Å². The molecule has 0 aromatic heterocycles. The van der Waals surface area contributed by atoms with Gasteiger partial charge in [0.15, 0.2) is 0 Å². The Hall–Kier alpha value is -0.0800. The quantitative estimate of drug-likeness (QED) is 0.753. The van der Waals surface area contributed by atoms with E-state index in [1.165, 1.54) is 38.9 Å². The van der Waals surface area contributed by atoms with Crippen molar-refractivity contribution in [3.63, 3.8) is 0 Å². The Bertz CT molecular complexity index is 177. The molecule has 2 nitrogen and oxygen atoms in total. The number of nitrogens with one attached hydrogen (secondary N) is 1. The van der Waals surface area contributed by atoms with Crippen molar-refractivity contribution in [3.8, 4) is 0 Å². The topological polar surface area (TPSA) is 15.3 Å². The highest BCUT2D eigenvalue weighted by Gasteiger charge is 2.26. The lowest BCUT2D eigenvalue weighted by molar-refractivity contribution is 0.107. The minimum Gasteiger partial charge on any atom is -0.313 e. The summed E-state index contributed by atoms with van der Waals surface area (Å²) in [6, 6.07) is 0.684. The van der Waals surface area contributed by atoms with Crippen molar-refractivity contribution < 1.29 is 0 Å². The third-order valence-electron chi connectivity index (χ3n) is 3.44. The fraction of sp³-hybridized carbons (Fsp3) is 1.00. The molecule has 0 bridgehead atoms. The van der Waals surface area contributed by atoms with E-state index in [1.54, 1.807) is 0 Å². The van der Waals surface area contributed by atoms with E-state index in [1.807, 2.05) is 0 Å². The average Bonchev–Trinajstić information content (AvgIpc) is 2.15. The van der Waals surface area contributed by atoms with Gasteiger partial charge in [-0.1, -0.05) is 27.7 Å². The van der Waals surface area contributed by atoms with Crippen molar-refractivity contribution in [1.29, 1.82) is 0 Å². The summed E-state index contributed by atoms with van der Waals surface area (Å²) in [5.74, 6) is 0. The van der Waals surface area contributed by atoms with Crippen LogP contribution < -0.4 is 5.32 Å². The lowest BCUT2D eigenvalue weighted by atomic mass is 9.84. The highest BCUT2D eigenvalue weighted by Crippen LogP contribution is 2.28. The number of hydrogen-bond acceptors (Lipinski definition) is 2. The molecule has 1 rings (SSSR count). The zero-order valence-corrected chi connectivity index (χ0v) is 11.0. The molecule has 1 heterocycles. The Kier molecular flexibility index (Phi) is 5.07. The van der Waals surface area contributed by atoms with Crippen LogP contribution in [0, 0.1) is 5.41 Å². The molecule has 2 heteroatoms. The van der Waals surface area contributed by atoms with Crippen molar-refractivity contribution in [1.82, 2.24) is 10.2 Å². The van der Waals surface area contributed by atoms with Gasteiger partial charge >= 0.3 is 0 Å². The van der Waals surface area contributed by atoms with Crippen molar-refractivity contribution in [2.45, 2.75) is 53.0 Å². The standard InChI is InChI=1S/C13H28N2/c1-5-12(14-6-2)10-15-9-7-8-13(3,4)11-15/h12,14H,5-11H2,1-4H3. The highest BCUT2D eigenvalue weighted by atomic mass is 15.2. The summed E-state index contributed by atoms with van der Waals surface area (Å²) < 4.78 is 0. The van der Waals surface area contributed by atoms with E-state index in [4.69, 9.17) is 0 Å². The minimum absolute atomic E-state index is 0.531. The summed E-state index contributed by atoms with van der Waals surface area (Å²) in [4.78, 5) is 2.64. The molecule has 0 saturated carbocycles. The fourth-order valence-corrected chi connectivity index (χ4v) is 2.64. The summed E-state index contributed by atoms with van der Waals surface area (Å²) >= 11 is 0. The molecule has 0 aliphatic carbocycles. The average molecular weight is 212 g/mol. The molecular formula is C13H28N2. The molecule has 1 saturated heterocycles. The predicted molar refractivity (Wildman–Crippen MR) is 67.2 cm³/mol. The zero-order chi connectivity index (χ0) is 11.3. The molecule has 1 aliphatic rings. The van der Waals surface area contributed by atoms with Crippen LogP contribution in [0.2, 0.25) is 0 Å².